The highest BCUT2D eigenvalue weighted by Crippen LogP contribution is 2.34. The van der Waals surface area contributed by atoms with Gasteiger partial charge in [-0.2, -0.15) is 0 Å². The molecule has 0 radical (unpaired) electrons. The van der Waals surface area contributed by atoms with Gasteiger partial charge in [-0.05, 0) is 25.9 Å². The molecule has 22 heavy (non-hydrogen) atoms. The van der Waals surface area contributed by atoms with E-state index in [1.807, 2.05) is 6.07 Å². The summed E-state index contributed by atoms with van der Waals surface area (Å²) < 4.78 is 5.83. The number of benzene rings is 1. The number of Topliss-reactive ketones (excluding diaryl/α,β-unsaturated/α-hetero) is 2. The van der Waals surface area contributed by atoms with E-state index in [0.29, 0.717) is 29.3 Å². The minimum atomic E-state index is -0.567. The van der Waals surface area contributed by atoms with Crippen molar-refractivity contribution in [2.45, 2.75) is 25.8 Å². The van der Waals surface area contributed by atoms with Crippen molar-refractivity contribution in [2.75, 3.05) is 13.1 Å². The first-order valence-electron chi connectivity index (χ1n) is 7.64. The molecular formula is C17H16N2O3. The minimum Gasteiger partial charge on any atom is -0.438 e. The summed E-state index contributed by atoms with van der Waals surface area (Å²) in [5, 5.41) is 0. The number of hydrogen-bond acceptors (Lipinski definition) is 5. The van der Waals surface area contributed by atoms with Gasteiger partial charge in [0.25, 0.3) is 5.78 Å². The third kappa shape index (κ3) is 2.09. The molecule has 0 bridgehead atoms. The predicted octanol–water partition coefficient (Wildman–Crippen LogP) is 2.71. The van der Waals surface area contributed by atoms with Crippen LogP contribution in [0.4, 0.5) is 0 Å². The molecule has 1 saturated heterocycles. The number of ketones is 2. The average molecular weight is 296 g/mol. The normalized spacial score (nSPS) is 18.2. The van der Waals surface area contributed by atoms with E-state index in [1.165, 1.54) is 19.3 Å². The van der Waals surface area contributed by atoms with Crippen LogP contribution in [0.25, 0.3) is 11.3 Å². The molecule has 0 atom stereocenters. The first-order chi connectivity index (χ1) is 10.7. The van der Waals surface area contributed by atoms with Gasteiger partial charge in [0.05, 0.1) is 6.54 Å². The van der Waals surface area contributed by atoms with Crippen molar-refractivity contribution < 1.29 is 14.0 Å². The predicted molar refractivity (Wildman–Crippen MR) is 79.7 cm³/mol. The molecule has 2 aromatic rings. The number of fused-ring (bicyclic) bond motifs is 3. The van der Waals surface area contributed by atoms with Gasteiger partial charge in [0, 0.05) is 11.1 Å². The van der Waals surface area contributed by atoms with Gasteiger partial charge in [0.1, 0.15) is 0 Å². The quantitative estimate of drug-likeness (QED) is 0.797. The number of likely N-dealkylation sites (tertiary alicyclic amines) is 1. The van der Waals surface area contributed by atoms with Crippen LogP contribution in [0, 0.1) is 0 Å². The maximum atomic E-state index is 12.2. The smallest absolute Gasteiger partial charge is 0.255 e. The molecule has 1 aromatic carbocycles. The van der Waals surface area contributed by atoms with Crippen molar-refractivity contribution in [1.82, 2.24) is 9.88 Å². The number of oxazole rings is 1. The molecule has 0 unspecified atom stereocenters. The molecule has 2 aliphatic rings. The molecule has 2 heterocycles. The van der Waals surface area contributed by atoms with Crippen LogP contribution in [0.1, 0.15) is 46.0 Å². The first kappa shape index (κ1) is 13.4. The summed E-state index contributed by atoms with van der Waals surface area (Å²) in [7, 11) is 0. The van der Waals surface area contributed by atoms with Gasteiger partial charge < -0.3 is 4.42 Å². The van der Waals surface area contributed by atoms with Crippen LogP contribution in [-0.2, 0) is 6.54 Å². The van der Waals surface area contributed by atoms with Crippen LogP contribution in [0.3, 0.4) is 0 Å². The van der Waals surface area contributed by atoms with E-state index in [0.717, 1.165) is 13.1 Å². The Labute approximate surface area is 127 Å². The van der Waals surface area contributed by atoms with Gasteiger partial charge >= 0.3 is 0 Å². The molecule has 0 spiro atoms. The van der Waals surface area contributed by atoms with Crippen molar-refractivity contribution >= 4 is 11.6 Å². The van der Waals surface area contributed by atoms with Crippen LogP contribution in [0.2, 0.25) is 0 Å². The van der Waals surface area contributed by atoms with Crippen LogP contribution in [-0.4, -0.2) is 34.5 Å². The second-order valence-electron chi connectivity index (χ2n) is 5.83. The van der Waals surface area contributed by atoms with Gasteiger partial charge in [-0.15, -0.1) is 0 Å². The summed E-state index contributed by atoms with van der Waals surface area (Å²) >= 11 is 0. The van der Waals surface area contributed by atoms with Gasteiger partial charge in [0.15, 0.2) is 11.5 Å². The molecular weight excluding hydrogens is 280 g/mol. The topological polar surface area (TPSA) is 63.4 Å². The van der Waals surface area contributed by atoms with Gasteiger partial charge in [-0.3, -0.25) is 14.5 Å². The SMILES string of the molecule is O=C1C(=O)c2nc(CN3CCCCC3)oc2-c2ccccc21. The first-order valence-corrected chi connectivity index (χ1v) is 7.64. The Morgan fingerprint density at radius 1 is 1.00 bits per heavy atom. The number of nitrogens with zero attached hydrogens (tertiary/aromatic N) is 2. The van der Waals surface area contributed by atoms with E-state index in [4.69, 9.17) is 4.42 Å². The highest BCUT2D eigenvalue weighted by Gasteiger charge is 2.35. The van der Waals surface area contributed by atoms with Crippen molar-refractivity contribution in [3.8, 4) is 11.3 Å². The van der Waals surface area contributed by atoms with Crippen molar-refractivity contribution in [3.63, 3.8) is 0 Å². The Balaban J connectivity index is 1.72. The van der Waals surface area contributed by atoms with Crippen molar-refractivity contribution in [1.29, 1.82) is 0 Å². The molecule has 0 N–H and O–H groups in total. The zero-order chi connectivity index (χ0) is 15.1. The lowest BCUT2D eigenvalue weighted by molar-refractivity contribution is 0.0812. The number of hydrogen-bond donors (Lipinski definition) is 0. The summed E-state index contributed by atoms with van der Waals surface area (Å²) in [4.78, 5) is 30.9. The van der Waals surface area contributed by atoms with Crippen LogP contribution < -0.4 is 0 Å². The molecule has 1 aliphatic carbocycles. The Hall–Kier alpha value is -2.27. The van der Waals surface area contributed by atoms with E-state index in [-0.39, 0.29) is 5.69 Å². The molecule has 1 aromatic heterocycles. The van der Waals surface area contributed by atoms with E-state index in [9.17, 15) is 9.59 Å². The largest absolute Gasteiger partial charge is 0.438 e. The molecule has 1 aliphatic heterocycles. The zero-order valence-corrected chi connectivity index (χ0v) is 12.2. The summed E-state index contributed by atoms with van der Waals surface area (Å²) in [5.41, 5.74) is 1.23. The molecule has 5 heteroatoms. The second kappa shape index (κ2) is 5.18. The lowest BCUT2D eigenvalue weighted by Gasteiger charge is -2.24. The fourth-order valence-electron chi connectivity index (χ4n) is 3.19. The Morgan fingerprint density at radius 3 is 2.50 bits per heavy atom. The number of rotatable bonds is 2. The van der Waals surface area contributed by atoms with Crippen LogP contribution in [0.5, 0.6) is 0 Å². The lowest BCUT2D eigenvalue weighted by Crippen LogP contribution is -2.29. The van der Waals surface area contributed by atoms with Gasteiger partial charge in [0.2, 0.25) is 11.7 Å². The molecule has 112 valence electrons. The van der Waals surface area contributed by atoms with E-state index in [1.54, 1.807) is 18.2 Å². The fraction of sp³-hybridized carbons (Fsp3) is 0.353. The monoisotopic (exact) mass is 296 g/mol. The number of carbonyl (C=O) groups is 2. The molecule has 0 amide bonds. The van der Waals surface area contributed by atoms with Crippen LogP contribution >= 0.6 is 0 Å². The highest BCUT2D eigenvalue weighted by molar-refractivity contribution is 6.52. The summed E-state index contributed by atoms with van der Waals surface area (Å²) in [6.07, 6.45) is 3.63. The Kier molecular flexibility index (Phi) is 3.15. The third-order valence-electron chi connectivity index (χ3n) is 4.32. The van der Waals surface area contributed by atoms with Gasteiger partial charge in [-0.25, -0.2) is 4.98 Å². The lowest BCUT2D eigenvalue weighted by atomic mass is 9.91. The molecule has 5 nitrogen and oxygen atoms in total. The third-order valence-corrected chi connectivity index (χ3v) is 4.32. The van der Waals surface area contributed by atoms with E-state index in [2.05, 4.69) is 9.88 Å². The number of aromatic nitrogens is 1. The maximum absolute atomic E-state index is 12.2. The van der Waals surface area contributed by atoms with Crippen LogP contribution in [0.15, 0.2) is 28.7 Å². The molecule has 0 saturated carbocycles. The van der Waals surface area contributed by atoms with Gasteiger partial charge in [-0.1, -0.05) is 30.7 Å². The minimum absolute atomic E-state index is 0.163. The molecule has 1 fully saturated rings. The summed E-state index contributed by atoms with van der Waals surface area (Å²) in [6.45, 7) is 2.64. The Morgan fingerprint density at radius 2 is 1.73 bits per heavy atom. The number of piperidine rings is 1. The fourth-order valence-corrected chi connectivity index (χ4v) is 3.19. The summed E-state index contributed by atoms with van der Waals surface area (Å²) in [6, 6.07) is 7.04. The number of carbonyl (C=O) groups excluding carboxylic acids is 2. The average Bonchev–Trinajstić information content (AvgIpc) is 2.98. The molecule has 4 rings (SSSR count). The standard InChI is InChI=1S/C17H16N2O3/c20-15-11-6-2-3-7-12(11)17-14(16(15)21)18-13(22-17)10-19-8-4-1-5-9-19/h2-3,6-7H,1,4-5,8-10H2. The second-order valence-corrected chi connectivity index (χ2v) is 5.83. The zero-order valence-electron chi connectivity index (χ0n) is 12.2. The Bertz CT molecular complexity index is 757. The maximum Gasteiger partial charge on any atom is 0.255 e. The summed E-state index contributed by atoms with van der Waals surface area (Å²) in [5.74, 6) is -0.111. The van der Waals surface area contributed by atoms with Crippen molar-refractivity contribution in [2.24, 2.45) is 0 Å². The van der Waals surface area contributed by atoms with E-state index < -0.39 is 11.6 Å². The highest BCUT2D eigenvalue weighted by atomic mass is 16.4. The van der Waals surface area contributed by atoms with E-state index >= 15 is 0 Å². The van der Waals surface area contributed by atoms with Crippen molar-refractivity contribution in [3.05, 3.63) is 41.4 Å².